The Morgan fingerprint density at radius 2 is 2.15 bits per heavy atom. The van der Waals surface area contributed by atoms with Crippen LogP contribution in [0.15, 0.2) is 23.1 Å². The first-order chi connectivity index (χ1) is 9.54. The molecule has 3 N–H and O–H groups in total. The molecular formula is C16H25N3S. The summed E-state index contributed by atoms with van der Waals surface area (Å²) in [5.74, 6) is 2.64. The standard InChI is InChI=1S/C16H25N3S/c1-4-20-14-7-5-6-13(15(14)16(17)18)19-9-8-11(2)12(3)10-19/h5-7,11-12H,4,8-10H2,1-3H3,(H3,17,18). The number of benzene rings is 1. The second-order valence-electron chi connectivity index (χ2n) is 5.69. The summed E-state index contributed by atoms with van der Waals surface area (Å²) in [6.45, 7) is 8.89. The quantitative estimate of drug-likeness (QED) is 0.506. The van der Waals surface area contributed by atoms with Crippen LogP contribution in [0.5, 0.6) is 0 Å². The first-order valence-electron chi connectivity index (χ1n) is 7.39. The molecule has 2 atom stereocenters. The maximum atomic E-state index is 7.94. The van der Waals surface area contributed by atoms with Gasteiger partial charge in [0.15, 0.2) is 0 Å². The number of hydrogen-bond acceptors (Lipinski definition) is 3. The smallest absolute Gasteiger partial charge is 0.126 e. The Kier molecular flexibility index (Phi) is 4.97. The minimum Gasteiger partial charge on any atom is -0.384 e. The highest BCUT2D eigenvalue weighted by Gasteiger charge is 2.25. The average molecular weight is 291 g/mol. The van der Waals surface area contributed by atoms with Crippen LogP contribution in [0.25, 0.3) is 0 Å². The minimum absolute atomic E-state index is 0.183. The van der Waals surface area contributed by atoms with E-state index < -0.39 is 0 Å². The molecule has 1 fully saturated rings. The van der Waals surface area contributed by atoms with Crippen molar-refractivity contribution in [3.05, 3.63) is 23.8 Å². The van der Waals surface area contributed by atoms with Crippen LogP contribution in [0, 0.1) is 17.2 Å². The van der Waals surface area contributed by atoms with E-state index in [4.69, 9.17) is 11.1 Å². The monoisotopic (exact) mass is 291 g/mol. The van der Waals surface area contributed by atoms with E-state index in [0.29, 0.717) is 5.92 Å². The van der Waals surface area contributed by atoms with Gasteiger partial charge in [0, 0.05) is 23.7 Å². The van der Waals surface area contributed by atoms with Gasteiger partial charge in [0.25, 0.3) is 0 Å². The van der Waals surface area contributed by atoms with E-state index in [9.17, 15) is 0 Å². The van der Waals surface area contributed by atoms with Crippen molar-refractivity contribution in [2.45, 2.75) is 32.1 Å². The Morgan fingerprint density at radius 3 is 2.75 bits per heavy atom. The molecule has 0 bridgehead atoms. The number of nitrogens with two attached hydrogens (primary N) is 1. The van der Waals surface area contributed by atoms with Gasteiger partial charge in [-0.25, -0.2) is 0 Å². The molecule has 3 nitrogen and oxygen atoms in total. The molecule has 1 saturated heterocycles. The van der Waals surface area contributed by atoms with E-state index in [1.165, 1.54) is 6.42 Å². The lowest BCUT2D eigenvalue weighted by molar-refractivity contribution is 0.324. The van der Waals surface area contributed by atoms with Gasteiger partial charge in [-0.15, -0.1) is 11.8 Å². The summed E-state index contributed by atoms with van der Waals surface area (Å²) < 4.78 is 0. The van der Waals surface area contributed by atoms with Crippen LogP contribution in [0.4, 0.5) is 5.69 Å². The molecule has 0 saturated carbocycles. The number of nitrogens with zero attached hydrogens (tertiary/aromatic N) is 1. The molecule has 1 heterocycles. The second-order valence-corrected chi connectivity index (χ2v) is 6.99. The minimum atomic E-state index is 0.183. The van der Waals surface area contributed by atoms with E-state index in [2.05, 4.69) is 43.9 Å². The molecule has 1 aromatic carbocycles. The molecule has 1 aliphatic heterocycles. The number of hydrogen-bond donors (Lipinski definition) is 2. The van der Waals surface area contributed by atoms with Gasteiger partial charge in [-0.2, -0.15) is 0 Å². The molecule has 20 heavy (non-hydrogen) atoms. The van der Waals surface area contributed by atoms with Crippen molar-refractivity contribution in [1.82, 2.24) is 0 Å². The fourth-order valence-corrected chi connectivity index (χ4v) is 3.66. The first-order valence-corrected chi connectivity index (χ1v) is 8.38. The molecule has 0 spiro atoms. The largest absolute Gasteiger partial charge is 0.384 e. The summed E-state index contributed by atoms with van der Waals surface area (Å²) in [5.41, 5.74) is 7.91. The van der Waals surface area contributed by atoms with Gasteiger partial charge in [-0.1, -0.05) is 26.8 Å². The number of piperidine rings is 1. The number of thioether (sulfide) groups is 1. The Balaban J connectivity index is 2.35. The summed E-state index contributed by atoms with van der Waals surface area (Å²) in [4.78, 5) is 3.53. The Bertz CT molecular complexity index is 487. The molecule has 110 valence electrons. The lowest BCUT2D eigenvalue weighted by Crippen LogP contribution is -2.39. The fourth-order valence-electron chi connectivity index (χ4n) is 2.81. The number of rotatable bonds is 4. The highest BCUT2D eigenvalue weighted by Crippen LogP contribution is 2.34. The van der Waals surface area contributed by atoms with Crippen molar-refractivity contribution in [3.8, 4) is 0 Å². The van der Waals surface area contributed by atoms with Crippen molar-refractivity contribution in [2.24, 2.45) is 17.6 Å². The van der Waals surface area contributed by atoms with Gasteiger partial charge >= 0.3 is 0 Å². The maximum Gasteiger partial charge on any atom is 0.126 e. The van der Waals surface area contributed by atoms with E-state index in [1.54, 1.807) is 11.8 Å². The number of amidine groups is 1. The summed E-state index contributed by atoms with van der Waals surface area (Å²) >= 11 is 1.76. The topological polar surface area (TPSA) is 53.1 Å². The van der Waals surface area contributed by atoms with Gasteiger partial charge in [0.1, 0.15) is 5.84 Å². The third-order valence-electron chi connectivity index (χ3n) is 4.25. The lowest BCUT2D eigenvalue weighted by Gasteiger charge is -2.38. The van der Waals surface area contributed by atoms with Crippen LogP contribution in [0.1, 0.15) is 32.8 Å². The molecule has 0 aromatic heterocycles. The second kappa shape index (κ2) is 6.53. The summed E-state index contributed by atoms with van der Waals surface area (Å²) in [6.07, 6.45) is 1.21. The molecule has 0 radical (unpaired) electrons. The zero-order chi connectivity index (χ0) is 14.7. The Labute approximate surface area is 126 Å². The Hall–Kier alpha value is -1.16. The predicted molar refractivity (Wildman–Crippen MR) is 89.0 cm³/mol. The summed E-state index contributed by atoms with van der Waals surface area (Å²) in [7, 11) is 0. The lowest BCUT2D eigenvalue weighted by atomic mass is 9.88. The van der Waals surface area contributed by atoms with Crippen molar-refractivity contribution >= 4 is 23.3 Å². The third-order valence-corrected chi connectivity index (χ3v) is 5.19. The molecule has 0 aliphatic carbocycles. The molecule has 2 rings (SSSR count). The molecule has 1 aliphatic rings. The highest BCUT2D eigenvalue weighted by atomic mass is 32.2. The Morgan fingerprint density at radius 1 is 1.40 bits per heavy atom. The zero-order valence-electron chi connectivity index (χ0n) is 12.6. The van der Waals surface area contributed by atoms with Gasteiger partial charge in [0.2, 0.25) is 0 Å². The number of nitrogen functional groups attached to an aromatic ring is 1. The van der Waals surface area contributed by atoms with E-state index in [-0.39, 0.29) is 5.84 Å². The molecule has 0 amide bonds. The van der Waals surface area contributed by atoms with Gasteiger partial charge in [0.05, 0.1) is 5.56 Å². The van der Waals surface area contributed by atoms with Gasteiger partial charge < -0.3 is 10.6 Å². The average Bonchev–Trinajstić information content (AvgIpc) is 2.42. The summed E-state index contributed by atoms with van der Waals surface area (Å²) in [5, 5.41) is 7.94. The zero-order valence-corrected chi connectivity index (χ0v) is 13.5. The van der Waals surface area contributed by atoms with Crippen LogP contribution >= 0.6 is 11.8 Å². The normalized spacial score (nSPS) is 22.9. The van der Waals surface area contributed by atoms with Crippen molar-refractivity contribution in [2.75, 3.05) is 23.7 Å². The first kappa shape index (κ1) is 15.2. The molecular weight excluding hydrogens is 266 g/mol. The molecule has 1 aromatic rings. The van der Waals surface area contributed by atoms with Gasteiger partial charge in [-0.3, -0.25) is 5.41 Å². The highest BCUT2D eigenvalue weighted by molar-refractivity contribution is 7.99. The van der Waals surface area contributed by atoms with Crippen molar-refractivity contribution in [1.29, 1.82) is 5.41 Å². The fraction of sp³-hybridized carbons (Fsp3) is 0.562. The van der Waals surface area contributed by atoms with Crippen LogP contribution < -0.4 is 10.6 Å². The van der Waals surface area contributed by atoms with Crippen LogP contribution in [-0.4, -0.2) is 24.7 Å². The van der Waals surface area contributed by atoms with Crippen molar-refractivity contribution < 1.29 is 0 Å². The van der Waals surface area contributed by atoms with Crippen LogP contribution in [0.2, 0.25) is 0 Å². The molecule has 4 heteroatoms. The summed E-state index contributed by atoms with van der Waals surface area (Å²) in [6, 6.07) is 6.27. The van der Waals surface area contributed by atoms with E-state index in [1.807, 2.05) is 0 Å². The maximum absolute atomic E-state index is 7.94. The molecule has 2 unspecified atom stereocenters. The van der Waals surface area contributed by atoms with Crippen molar-refractivity contribution in [3.63, 3.8) is 0 Å². The van der Waals surface area contributed by atoms with E-state index >= 15 is 0 Å². The third kappa shape index (κ3) is 3.11. The number of nitrogens with one attached hydrogen (secondary N) is 1. The van der Waals surface area contributed by atoms with E-state index in [0.717, 1.165) is 40.9 Å². The number of anilines is 1. The van der Waals surface area contributed by atoms with Crippen LogP contribution in [-0.2, 0) is 0 Å². The van der Waals surface area contributed by atoms with Crippen LogP contribution in [0.3, 0.4) is 0 Å². The van der Waals surface area contributed by atoms with Gasteiger partial charge in [-0.05, 0) is 36.1 Å². The predicted octanol–water partition coefficient (Wildman–Crippen LogP) is 3.56. The SMILES string of the molecule is CCSc1cccc(N2CCC(C)C(C)C2)c1C(=N)N.